The summed E-state index contributed by atoms with van der Waals surface area (Å²) in [5.74, 6) is 0.104. The Labute approximate surface area is 249 Å². The number of nitrogen functional groups attached to an aromatic ring is 1. The molecule has 1 heterocycles. The van der Waals surface area contributed by atoms with Crippen molar-refractivity contribution in [2.24, 2.45) is 0 Å². The number of rotatable bonds is 10. The molecule has 0 aliphatic carbocycles. The van der Waals surface area contributed by atoms with Gasteiger partial charge >= 0.3 is 6.03 Å². The highest BCUT2D eigenvalue weighted by Gasteiger charge is 2.22. The average molecular weight is 583 g/mol. The summed E-state index contributed by atoms with van der Waals surface area (Å²) in [7, 11) is 0. The van der Waals surface area contributed by atoms with Crippen LogP contribution in [0.15, 0.2) is 109 Å². The van der Waals surface area contributed by atoms with E-state index < -0.39 is 0 Å². The van der Waals surface area contributed by atoms with E-state index in [2.05, 4.69) is 34.6 Å². The Bertz CT molecular complexity index is 1520. The van der Waals surface area contributed by atoms with Crippen molar-refractivity contribution in [1.82, 2.24) is 4.98 Å². The molecule has 6 nitrogen and oxygen atoms in total. The van der Waals surface area contributed by atoms with Gasteiger partial charge in [-0.3, -0.25) is 10.2 Å². The number of hydrogen-bond donors (Lipinski definition) is 3. The van der Waals surface area contributed by atoms with Gasteiger partial charge in [0.05, 0.1) is 0 Å². The maximum absolute atomic E-state index is 13.8. The van der Waals surface area contributed by atoms with Gasteiger partial charge in [-0.1, -0.05) is 108 Å². The third-order valence-electron chi connectivity index (χ3n) is 6.92. The maximum atomic E-state index is 13.8. The number of urea groups is 1. The molecule has 41 heavy (non-hydrogen) atoms. The zero-order valence-electron chi connectivity index (χ0n) is 22.4. The molecule has 208 valence electrons. The number of carbonyl (C=O) groups is 1. The summed E-state index contributed by atoms with van der Waals surface area (Å²) in [6.07, 6.45) is 1.26. The number of aliphatic hydroxyl groups is 1. The quantitative estimate of drug-likeness (QED) is 0.146. The van der Waals surface area contributed by atoms with Gasteiger partial charge in [0.15, 0.2) is 5.13 Å². The van der Waals surface area contributed by atoms with E-state index in [1.165, 1.54) is 22.5 Å². The number of thiazole rings is 1. The summed E-state index contributed by atoms with van der Waals surface area (Å²) in [4.78, 5) is 20.1. The predicted octanol–water partition coefficient (Wildman–Crippen LogP) is 7.84. The minimum Gasteiger partial charge on any atom is -0.399 e. The number of aliphatic hydroxyl groups excluding tert-OH is 1. The molecule has 0 bridgehead atoms. The zero-order chi connectivity index (χ0) is 28.6. The average Bonchev–Trinajstić information content (AvgIpc) is 3.36. The van der Waals surface area contributed by atoms with Crippen LogP contribution in [0.1, 0.15) is 29.0 Å². The van der Waals surface area contributed by atoms with Crippen LogP contribution in [0.3, 0.4) is 0 Å². The highest BCUT2D eigenvalue weighted by Crippen LogP contribution is 2.36. The number of amides is 2. The smallest absolute Gasteiger partial charge is 0.328 e. The lowest BCUT2D eigenvalue weighted by atomic mass is 9.88. The van der Waals surface area contributed by atoms with E-state index >= 15 is 0 Å². The number of benzene rings is 4. The van der Waals surface area contributed by atoms with Crippen molar-refractivity contribution >= 4 is 45.5 Å². The molecule has 0 aliphatic heterocycles. The normalized spacial score (nSPS) is 11.0. The van der Waals surface area contributed by atoms with Crippen LogP contribution in [-0.4, -0.2) is 29.3 Å². The Kier molecular flexibility index (Phi) is 9.31. The molecule has 5 rings (SSSR count). The van der Waals surface area contributed by atoms with Crippen LogP contribution in [0, 0.1) is 0 Å². The number of hydrogen-bond acceptors (Lipinski definition) is 5. The van der Waals surface area contributed by atoms with Gasteiger partial charge in [-0.05, 0) is 53.8 Å². The van der Waals surface area contributed by atoms with E-state index in [1.807, 2.05) is 72.8 Å². The molecule has 2 amide bonds. The van der Waals surface area contributed by atoms with Gasteiger partial charge < -0.3 is 10.8 Å². The van der Waals surface area contributed by atoms with Crippen LogP contribution >= 0.6 is 22.9 Å². The zero-order valence-corrected chi connectivity index (χ0v) is 24.0. The Hall–Kier alpha value is -4.17. The first kappa shape index (κ1) is 28.4. The minimum atomic E-state index is -0.297. The first-order valence-corrected chi connectivity index (χ1v) is 14.6. The highest BCUT2D eigenvalue weighted by atomic mass is 35.5. The first-order chi connectivity index (χ1) is 20.0. The SMILES string of the molecule is Nc1ccc(-c2nc(NC(=O)N(CCC(c3ccccc3)c3ccccc3)c3ccc(CCO)cc3)sc2Cl)cc1. The number of nitrogens with one attached hydrogen (secondary N) is 1. The number of aromatic nitrogens is 1. The summed E-state index contributed by atoms with van der Waals surface area (Å²) in [5.41, 5.74) is 12.0. The molecular weight excluding hydrogens is 552 g/mol. The molecule has 0 aliphatic rings. The van der Waals surface area contributed by atoms with Crippen LogP contribution in [0.5, 0.6) is 0 Å². The molecule has 0 fully saturated rings. The van der Waals surface area contributed by atoms with E-state index in [0.29, 0.717) is 40.2 Å². The molecule has 0 radical (unpaired) electrons. The summed E-state index contributed by atoms with van der Waals surface area (Å²) < 4.78 is 0.484. The van der Waals surface area contributed by atoms with Gasteiger partial charge in [0.25, 0.3) is 0 Å². The summed E-state index contributed by atoms with van der Waals surface area (Å²) in [6, 6.07) is 35.4. The minimum absolute atomic E-state index is 0.0700. The molecule has 0 spiro atoms. The number of nitrogens with two attached hydrogens (primary N) is 1. The van der Waals surface area contributed by atoms with Crippen molar-refractivity contribution in [3.8, 4) is 11.3 Å². The maximum Gasteiger partial charge on any atom is 0.328 e. The number of halogens is 1. The van der Waals surface area contributed by atoms with E-state index in [9.17, 15) is 9.90 Å². The van der Waals surface area contributed by atoms with Gasteiger partial charge in [-0.2, -0.15) is 0 Å². The van der Waals surface area contributed by atoms with E-state index in [-0.39, 0.29) is 18.6 Å². The Morgan fingerprint density at radius 1 is 0.902 bits per heavy atom. The van der Waals surface area contributed by atoms with Gasteiger partial charge in [0, 0.05) is 36.0 Å². The number of anilines is 3. The topological polar surface area (TPSA) is 91.5 Å². The molecule has 0 saturated carbocycles. The highest BCUT2D eigenvalue weighted by molar-refractivity contribution is 7.20. The summed E-state index contributed by atoms with van der Waals surface area (Å²) >= 11 is 7.74. The van der Waals surface area contributed by atoms with E-state index in [1.54, 1.807) is 17.0 Å². The lowest BCUT2D eigenvalue weighted by Gasteiger charge is -2.26. The molecule has 4 aromatic carbocycles. The monoisotopic (exact) mass is 582 g/mol. The van der Waals surface area contributed by atoms with E-state index in [4.69, 9.17) is 17.3 Å². The second kappa shape index (κ2) is 13.5. The molecule has 5 aromatic rings. The van der Waals surface area contributed by atoms with Crippen molar-refractivity contribution in [2.75, 3.05) is 29.1 Å². The number of nitrogens with zero attached hydrogens (tertiary/aromatic N) is 2. The molecule has 8 heteroatoms. The molecule has 1 aromatic heterocycles. The Morgan fingerprint density at radius 2 is 1.51 bits per heavy atom. The molecule has 0 atom stereocenters. The van der Waals surface area contributed by atoms with Gasteiger partial charge in [-0.25, -0.2) is 9.78 Å². The largest absolute Gasteiger partial charge is 0.399 e. The fraction of sp³-hybridized carbons (Fsp3) is 0.152. The predicted molar refractivity (Wildman–Crippen MR) is 170 cm³/mol. The third-order valence-corrected chi connectivity index (χ3v) is 8.09. The van der Waals surface area contributed by atoms with Crippen molar-refractivity contribution in [2.45, 2.75) is 18.8 Å². The lowest BCUT2D eigenvalue weighted by molar-refractivity contribution is 0.256. The lowest BCUT2D eigenvalue weighted by Crippen LogP contribution is -2.36. The first-order valence-electron chi connectivity index (χ1n) is 13.4. The fourth-order valence-corrected chi connectivity index (χ4v) is 5.88. The molecule has 4 N–H and O–H groups in total. The van der Waals surface area contributed by atoms with Gasteiger partial charge in [-0.15, -0.1) is 0 Å². The molecular formula is C33H31ClN4O2S. The van der Waals surface area contributed by atoms with Crippen LogP contribution in [0.4, 0.5) is 21.3 Å². The summed E-state index contributed by atoms with van der Waals surface area (Å²) in [5, 5.41) is 12.7. The molecule has 0 unspecified atom stereocenters. The summed E-state index contributed by atoms with van der Waals surface area (Å²) in [6.45, 7) is 0.532. The Balaban J connectivity index is 1.41. The van der Waals surface area contributed by atoms with Gasteiger partial charge in [0.2, 0.25) is 0 Å². The van der Waals surface area contributed by atoms with Crippen LogP contribution in [0.2, 0.25) is 4.34 Å². The van der Waals surface area contributed by atoms with Gasteiger partial charge in [0.1, 0.15) is 10.0 Å². The second-order valence-corrected chi connectivity index (χ2v) is 11.2. The standard InChI is InChI=1S/C33H31ClN4O2S/c34-31-30(26-13-15-27(35)16-14-26)36-32(41-31)37-33(40)38(28-17-11-23(12-18-28)20-22-39)21-19-29(24-7-3-1-4-8-24)25-9-5-2-6-10-25/h1-18,29,39H,19-22,35H2,(H,36,37,40). The van der Waals surface area contributed by atoms with Crippen molar-refractivity contribution in [3.63, 3.8) is 0 Å². The van der Waals surface area contributed by atoms with E-state index in [0.717, 1.165) is 16.8 Å². The van der Waals surface area contributed by atoms with Crippen molar-refractivity contribution in [1.29, 1.82) is 0 Å². The molecule has 0 saturated heterocycles. The third kappa shape index (κ3) is 7.13. The second-order valence-electron chi connectivity index (χ2n) is 9.65. The van der Waals surface area contributed by atoms with Crippen molar-refractivity contribution < 1.29 is 9.90 Å². The number of carbonyl (C=O) groups excluding carboxylic acids is 1. The Morgan fingerprint density at radius 3 is 2.10 bits per heavy atom. The van der Waals surface area contributed by atoms with Crippen molar-refractivity contribution in [3.05, 3.63) is 130 Å². The van der Waals surface area contributed by atoms with Crippen LogP contribution in [-0.2, 0) is 6.42 Å². The van der Waals surface area contributed by atoms with Crippen LogP contribution < -0.4 is 16.0 Å². The van der Waals surface area contributed by atoms with Crippen LogP contribution in [0.25, 0.3) is 11.3 Å². The fourth-order valence-electron chi connectivity index (χ4n) is 4.81.